The van der Waals surface area contributed by atoms with Crippen molar-refractivity contribution in [1.82, 2.24) is 9.97 Å². The number of benzene rings is 1. The van der Waals surface area contributed by atoms with Gasteiger partial charge in [0.05, 0.1) is 5.52 Å². The lowest BCUT2D eigenvalue weighted by Gasteiger charge is -2.08. The molecule has 2 aromatic rings. The van der Waals surface area contributed by atoms with Crippen LogP contribution in [0.1, 0.15) is 19.8 Å². The molecule has 88 valence electrons. The molecule has 2 unspecified atom stereocenters. The van der Waals surface area contributed by atoms with E-state index in [0.717, 1.165) is 22.6 Å². The molecule has 1 saturated carbocycles. The van der Waals surface area contributed by atoms with E-state index in [1.807, 2.05) is 24.3 Å². The van der Waals surface area contributed by atoms with E-state index in [1.54, 1.807) is 0 Å². The van der Waals surface area contributed by atoms with E-state index in [0.29, 0.717) is 12.0 Å². The number of nitrogens with two attached hydrogens (primary N) is 1. The average Bonchev–Trinajstić information content (AvgIpc) is 3.07. The minimum absolute atomic E-state index is 0.333. The lowest BCUT2D eigenvalue weighted by Crippen LogP contribution is -2.08. The molecule has 0 saturated heterocycles. The molecule has 0 aliphatic heterocycles. The monoisotopic (exact) mass is 228 g/mol. The summed E-state index contributed by atoms with van der Waals surface area (Å²) in [6, 6.07) is 8.50. The minimum atomic E-state index is 0.333. The molecule has 0 spiro atoms. The molecule has 0 amide bonds. The Kier molecular flexibility index (Phi) is 2.35. The van der Waals surface area contributed by atoms with E-state index in [-0.39, 0.29) is 0 Å². The molecule has 0 bridgehead atoms. The van der Waals surface area contributed by atoms with Crippen LogP contribution >= 0.6 is 0 Å². The van der Waals surface area contributed by atoms with Crippen molar-refractivity contribution < 1.29 is 0 Å². The van der Waals surface area contributed by atoms with Crippen LogP contribution in [-0.4, -0.2) is 16.0 Å². The predicted molar refractivity (Wildman–Crippen MR) is 69.8 cm³/mol. The first-order chi connectivity index (χ1) is 8.28. The largest absolute Gasteiger partial charge is 0.368 e. The Labute approximate surface area is 100 Å². The first-order valence-electron chi connectivity index (χ1n) is 6.06. The smallest absolute Gasteiger partial charge is 0.222 e. The molecular formula is C13H16N4. The zero-order chi connectivity index (χ0) is 11.8. The fourth-order valence-electron chi connectivity index (χ4n) is 2.26. The highest BCUT2D eigenvalue weighted by atomic mass is 15.1. The van der Waals surface area contributed by atoms with Crippen molar-refractivity contribution in [1.29, 1.82) is 0 Å². The maximum Gasteiger partial charge on any atom is 0.222 e. The highest BCUT2D eigenvalue weighted by Crippen LogP contribution is 2.36. The summed E-state index contributed by atoms with van der Waals surface area (Å²) < 4.78 is 0. The predicted octanol–water partition coefficient (Wildman–Crippen LogP) is 2.42. The average molecular weight is 228 g/mol. The zero-order valence-corrected chi connectivity index (χ0v) is 9.85. The Morgan fingerprint density at radius 2 is 2.18 bits per heavy atom. The van der Waals surface area contributed by atoms with Gasteiger partial charge in [-0.2, -0.15) is 4.98 Å². The van der Waals surface area contributed by atoms with Crippen LogP contribution in [0.5, 0.6) is 0 Å². The fourth-order valence-corrected chi connectivity index (χ4v) is 2.26. The first kappa shape index (κ1) is 10.3. The van der Waals surface area contributed by atoms with Crippen molar-refractivity contribution in [3.8, 4) is 0 Å². The van der Waals surface area contributed by atoms with Crippen molar-refractivity contribution >= 4 is 22.7 Å². The summed E-state index contributed by atoms with van der Waals surface area (Å²) in [5.74, 6) is 1.99. The number of aromatic nitrogens is 2. The van der Waals surface area contributed by atoms with Gasteiger partial charge in [0.1, 0.15) is 5.82 Å². The normalized spacial score (nSPS) is 22.6. The summed E-state index contributed by atoms with van der Waals surface area (Å²) >= 11 is 0. The quantitative estimate of drug-likeness (QED) is 0.846. The van der Waals surface area contributed by atoms with Gasteiger partial charge in [0.25, 0.3) is 0 Å². The second kappa shape index (κ2) is 3.87. The van der Waals surface area contributed by atoms with Gasteiger partial charge < -0.3 is 11.1 Å². The molecule has 1 fully saturated rings. The van der Waals surface area contributed by atoms with Crippen molar-refractivity contribution in [3.63, 3.8) is 0 Å². The highest BCUT2D eigenvalue weighted by Gasteiger charge is 2.35. The molecule has 1 aromatic carbocycles. The van der Waals surface area contributed by atoms with E-state index in [4.69, 9.17) is 5.73 Å². The molecule has 2 atom stereocenters. The van der Waals surface area contributed by atoms with E-state index in [9.17, 15) is 0 Å². The van der Waals surface area contributed by atoms with Crippen LogP contribution in [0.4, 0.5) is 11.8 Å². The van der Waals surface area contributed by atoms with Crippen molar-refractivity contribution in [2.75, 3.05) is 11.1 Å². The van der Waals surface area contributed by atoms with E-state index < -0.39 is 0 Å². The summed E-state index contributed by atoms with van der Waals surface area (Å²) in [5.41, 5.74) is 6.63. The van der Waals surface area contributed by atoms with E-state index in [1.165, 1.54) is 12.8 Å². The first-order valence-corrected chi connectivity index (χ1v) is 6.06. The fraction of sp³-hybridized carbons (Fsp3) is 0.385. The number of hydrogen-bond acceptors (Lipinski definition) is 4. The molecule has 1 aliphatic carbocycles. The van der Waals surface area contributed by atoms with Crippen LogP contribution in [0.15, 0.2) is 24.3 Å². The second-order valence-electron chi connectivity index (χ2n) is 4.60. The topological polar surface area (TPSA) is 63.8 Å². The molecule has 1 aliphatic rings. The van der Waals surface area contributed by atoms with E-state index in [2.05, 4.69) is 22.2 Å². The number of rotatable bonds is 3. The van der Waals surface area contributed by atoms with Crippen LogP contribution < -0.4 is 11.1 Å². The third-order valence-corrected chi connectivity index (χ3v) is 3.39. The summed E-state index contributed by atoms with van der Waals surface area (Å²) in [4.78, 5) is 8.54. The van der Waals surface area contributed by atoms with Gasteiger partial charge >= 0.3 is 0 Å². The molecule has 1 heterocycles. The van der Waals surface area contributed by atoms with Crippen molar-refractivity contribution in [2.24, 2.45) is 5.92 Å². The Hall–Kier alpha value is -1.84. The summed E-state index contributed by atoms with van der Waals surface area (Å²) in [6.45, 7) is 2.22. The number of para-hydroxylation sites is 1. The minimum Gasteiger partial charge on any atom is -0.368 e. The third-order valence-electron chi connectivity index (χ3n) is 3.39. The maximum absolute atomic E-state index is 5.73. The number of nitrogens with zero attached hydrogens (tertiary/aromatic N) is 2. The third kappa shape index (κ3) is 1.90. The molecule has 4 nitrogen and oxygen atoms in total. The van der Waals surface area contributed by atoms with Crippen molar-refractivity contribution in [2.45, 2.75) is 25.8 Å². The molecule has 1 aromatic heterocycles. The lowest BCUT2D eigenvalue weighted by atomic mass is 10.2. The number of nitrogens with one attached hydrogen (secondary N) is 1. The Morgan fingerprint density at radius 3 is 2.94 bits per heavy atom. The number of anilines is 2. The second-order valence-corrected chi connectivity index (χ2v) is 4.60. The molecule has 0 radical (unpaired) electrons. The number of fused-ring (bicyclic) bond motifs is 1. The Bertz CT molecular complexity index is 552. The van der Waals surface area contributed by atoms with Gasteiger partial charge in [-0.05, 0) is 24.5 Å². The maximum atomic E-state index is 5.73. The highest BCUT2D eigenvalue weighted by molar-refractivity contribution is 5.90. The van der Waals surface area contributed by atoms with Crippen molar-refractivity contribution in [3.05, 3.63) is 24.3 Å². The zero-order valence-electron chi connectivity index (χ0n) is 9.85. The summed E-state index contributed by atoms with van der Waals surface area (Å²) in [7, 11) is 0. The Morgan fingerprint density at radius 1 is 1.35 bits per heavy atom. The van der Waals surface area contributed by atoms with Gasteiger partial charge in [0.2, 0.25) is 5.95 Å². The summed E-state index contributed by atoms with van der Waals surface area (Å²) in [5, 5.41) is 4.51. The summed E-state index contributed by atoms with van der Waals surface area (Å²) in [6.07, 6.45) is 2.45. The van der Waals surface area contributed by atoms with E-state index >= 15 is 0 Å². The van der Waals surface area contributed by atoms with Gasteiger partial charge in [-0.25, -0.2) is 4.98 Å². The van der Waals surface area contributed by atoms with Crippen LogP contribution in [0.25, 0.3) is 10.9 Å². The van der Waals surface area contributed by atoms with Gasteiger partial charge in [0.15, 0.2) is 0 Å². The Balaban J connectivity index is 1.97. The number of hydrogen-bond donors (Lipinski definition) is 2. The SMILES string of the molecule is CCC1CC1Nc1nc(N)nc2ccccc12. The number of nitrogen functional groups attached to an aromatic ring is 1. The lowest BCUT2D eigenvalue weighted by molar-refractivity contribution is 0.774. The van der Waals surface area contributed by atoms with Crippen LogP contribution in [0.2, 0.25) is 0 Å². The van der Waals surface area contributed by atoms with Gasteiger partial charge in [-0.1, -0.05) is 25.5 Å². The van der Waals surface area contributed by atoms with Gasteiger partial charge in [-0.3, -0.25) is 0 Å². The molecule has 17 heavy (non-hydrogen) atoms. The van der Waals surface area contributed by atoms with Gasteiger partial charge in [0, 0.05) is 11.4 Å². The van der Waals surface area contributed by atoms with Gasteiger partial charge in [-0.15, -0.1) is 0 Å². The molecular weight excluding hydrogens is 212 g/mol. The molecule has 3 N–H and O–H groups in total. The molecule has 3 rings (SSSR count). The van der Waals surface area contributed by atoms with Crippen LogP contribution in [-0.2, 0) is 0 Å². The van der Waals surface area contributed by atoms with Crippen LogP contribution in [0.3, 0.4) is 0 Å². The molecule has 4 heteroatoms. The van der Waals surface area contributed by atoms with Crippen LogP contribution in [0, 0.1) is 5.92 Å². The standard InChI is InChI=1S/C13H16N4/c1-2-8-7-11(8)15-12-9-5-3-4-6-10(9)16-13(14)17-12/h3-6,8,11H,2,7H2,1H3,(H3,14,15,16,17).